The van der Waals surface area contributed by atoms with Crippen molar-refractivity contribution in [1.29, 1.82) is 0 Å². The summed E-state index contributed by atoms with van der Waals surface area (Å²) in [5.41, 5.74) is 3.64. The predicted molar refractivity (Wildman–Crippen MR) is 103 cm³/mol. The van der Waals surface area contributed by atoms with E-state index >= 15 is 0 Å². The third kappa shape index (κ3) is 3.28. The molecular formula is C21H18ClNO3. The first-order chi connectivity index (χ1) is 12.4. The molecule has 4 nitrogen and oxygen atoms in total. The Morgan fingerprint density at radius 1 is 1.12 bits per heavy atom. The highest BCUT2D eigenvalue weighted by Crippen LogP contribution is 2.36. The van der Waals surface area contributed by atoms with E-state index in [2.05, 4.69) is 0 Å². The summed E-state index contributed by atoms with van der Waals surface area (Å²) in [7, 11) is 1.30. The molecule has 2 aromatic rings. The van der Waals surface area contributed by atoms with Gasteiger partial charge in [-0.25, -0.2) is 4.79 Å². The van der Waals surface area contributed by atoms with Crippen LogP contribution in [-0.4, -0.2) is 19.0 Å². The third-order valence-corrected chi connectivity index (χ3v) is 4.48. The number of benzene rings is 2. The maximum Gasteiger partial charge on any atom is 0.340 e. The van der Waals surface area contributed by atoms with E-state index in [4.69, 9.17) is 16.3 Å². The van der Waals surface area contributed by atoms with Gasteiger partial charge in [0.2, 0.25) is 0 Å². The first-order valence-corrected chi connectivity index (χ1v) is 8.48. The Kier molecular flexibility index (Phi) is 4.96. The van der Waals surface area contributed by atoms with Crippen LogP contribution in [0.25, 0.3) is 6.08 Å². The van der Waals surface area contributed by atoms with E-state index < -0.39 is 5.97 Å². The minimum Gasteiger partial charge on any atom is -0.465 e. The third-order valence-electron chi connectivity index (χ3n) is 4.24. The summed E-state index contributed by atoms with van der Waals surface area (Å²) in [6.07, 6.45) is 1.71. The highest BCUT2D eigenvalue weighted by molar-refractivity contribution is 6.31. The molecule has 26 heavy (non-hydrogen) atoms. The molecule has 0 saturated heterocycles. The number of anilines is 1. The normalized spacial score (nSPS) is 15.8. The molecule has 0 fully saturated rings. The number of methoxy groups -OCH3 is 1. The zero-order valence-corrected chi connectivity index (χ0v) is 15.5. The first-order valence-electron chi connectivity index (χ1n) is 8.10. The van der Waals surface area contributed by atoms with E-state index in [1.807, 2.05) is 31.2 Å². The maximum absolute atomic E-state index is 13.1. The van der Waals surface area contributed by atoms with Gasteiger partial charge in [0.25, 0.3) is 5.91 Å². The lowest BCUT2D eigenvalue weighted by atomic mass is 10.0. The summed E-state index contributed by atoms with van der Waals surface area (Å²) in [5.74, 6) is -0.829. The molecule has 0 unspecified atom stereocenters. The molecule has 3 rings (SSSR count). The van der Waals surface area contributed by atoms with Crippen molar-refractivity contribution in [3.63, 3.8) is 0 Å². The van der Waals surface area contributed by atoms with Crippen LogP contribution in [0.1, 0.15) is 18.1 Å². The zero-order valence-electron chi connectivity index (χ0n) is 14.7. The number of amides is 1. The fraction of sp³-hybridized carbons (Fsp3) is 0.143. The van der Waals surface area contributed by atoms with E-state index in [9.17, 15) is 9.59 Å². The van der Waals surface area contributed by atoms with E-state index in [1.54, 1.807) is 37.3 Å². The van der Waals surface area contributed by atoms with Crippen molar-refractivity contribution in [2.75, 3.05) is 12.0 Å². The SMILES string of the molecule is COC(=O)C1=C(C)N(c2cccc(Cl)c2)C(=O)/C1=C\c1ccc(C)cc1. The Morgan fingerprint density at radius 3 is 2.42 bits per heavy atom. The molecule has 1 heterocycles. The minimum atomic E-state index is -0.543. The van der Waals surface area contributed by atoms with Crippen LogP contribution < -0.4 is 4.90 Å². The average Bonchev–Trinajstić information content (AvgIpc) is 2.86. The van der Waals surface area contributed by atoms with Gasteiger partial charge in [-0.15, -0.1) is 0 Å². The van der Waals surface area contributed by atoms with Gasteiger partial charge in [0, 0.05) is 10.7 Å². The number of ether oxygens (including phenoxy) is 1. The predicted octanol–water partition coefficient (Wildman–Crippen LogP) is 4.53. The van der Waals surface area contributed by atoms with Crippen molar-refractivity contribution in [3.05, 3.63) is 81.5 Å². The van der Waals surface area contributed by atoms with Crippen molar-refractivity contribution in [1.82, 2.24) is 0 Å². The number of nitrogens with zero attached hydrogens (tertiary/aromatic N) is 1. The van der Waals surface area contributed by atoms with Gasteiger partial charge in [-0.1, -0.05) is 47.5 Å². The number of hydrogen-bond acceptors (Lipinski definition) is 3. The first kappa shape index (κ1) is 18.0. The van der Waals surface area contributed by atoms with Crippen LogP contribution in [0.2, 0.25) is 5.02 Å². The van der Waals surface area contributed by atoms with Crippen molar-refractivity contribution >= 4 is 35.2 Å². The second-order valence-electron chi connectivity index (χ2n) is 6.04. The van der Waals surface area contributed by atoms with Crippen molar-refractivity contribution in [2.45, 2.75) is 13.8 Å². The Bertz CT molecular complexity index is 942. The minimum absolute atomic E-state index is 0.262. The highest BCUT2D eigenvalue weighted by Gasteiger charge is 2.37. The van der Waals surface area contributed by atoms with Gasteiger partial charge in [0.1, 0.15) is 0 Å². The van der Waals surface area contributed by atoms with Crippen LogP contribution in [-0.2, 0) is 14.3 Å². The molecular weight excluding hydrogens is 350 g/mol. The van der Waals surface area contributed by atoms with E-state index in [0.717, 1.165) is 11.1 Å². The number of hydrogen-bond donors (Lipinski definition) is 0. The number of rotatable bonds is 3. The number of allylic oxidation sites excluding steroid dienone is 1. The Hall–Kier alpha value is -2.85. The van der Waals surface area contributed by atoms with Gasteiger partial charge in [-0.05, 0) is 43.7 Å². The van der Waals surface area contributed by atoms with Crippen molar-refractivity contribution in [2.24, 2.45) is 0 Å². The van der Waals surface area contributed by atoms with Crippen LogP contribution in [0.3, 0.4) is 0 Å². The summed E-state index contributed by atoms with van der Waals surface area (Å²) >= 11 is 6.07. The van der Waals surface area contributed by atoms with Crippen LogP contribution in [0.5, 0.6) is 0 Å². The summed E-state index contributed by atoms with van der Waals surface area (Å²) < 4.78 is 4.91. The molecule has 2 aromatic carbocycles. The second-order valence-corrected chi connectivity index (χ2v) is 6.48. The molecule has 0 N–H and O–H groups in total. The van der Waals surface area contributed by atoms with Gasteiger partial charge in [-0.2, -0.15) is 0 Å². The maximum atomic E-state index is 13.1. The molecule has 0 aromatic heterocycles. The molecule has 1 amide bonds. The van der Waals surface area contributed by atoms with Gasteiger partial charge in [-0.3, -0.25) is 9.69 Å². The van der Waals surface area contributed by atoms with Crippen LogP contribution in [0, 0.1) is 6.92 Å². The Labute approximate surface area is 157 Å². The molecule has 1 aliphatic rings. The lowest BCUT2D eigenvalue weighted by Gasteiger charge is -2.18. The number of carbonyl (C=O) groups excluding carboxylic acids is 2. The summed E-state index contributed by atoms with van der Waals surface area (Å²) in [6, 6.07) is 14.7. The smallest absolute Gasteiger partial charge is 0.340 e. The van der Waals surface area contributed by atoms with Crippen molar-refractivity contribution < 1.29 is 14.3 Å². The number of esters is 1. The van der Waals surface area contributed by atoms with E-state index in [1.165, 1.54) is 12.0 Å². The van der Waals surface area contributed by atoms with E-state index in [-0.39, 0.29) is 11.5 Å². The van der Waals surface area contributed by atoms with Gasteiger partial charge >= 0.3 is 5.97 Å². The summed E-state index contributed by atoms with van der Waals surface area (Å²) in [6.45, 7) is 3.71. The van der Waals surface area contributed by atoms with Crippen LogP contribution >= 0.6 is 11.6 Å². The molecule has 0 bridgehead atoms. The van der Waals surface area contributed by atoms with Gasteiger partial charge in [0.15, 0.2) is 0 Å². The molecule has 132 valence electrons. The molecule has 0 saturated carbocycles. The molecule has 0 radical (unpaired) electrons. The van der Waals surface area contributed by atoms with Crippen molar-refractivity contribution in [3.8, 4) is 0 Å². The Morgan fingerprint density at radius 2 is 1.81 bits per heavy atom. The number of carbonyl (C=O) groups is 2. The molecule has 5 heteroatoms. The molecule has 0 atom stereocenters. The van der Waals surface area contributed by atoms with Gasteiger partial charge in [0.05, 0.1) is 23.9 Å². The fourth-order valence-electron chi connectivity index (χ4n) is 2.94. The fourth-order valence-corrected chi connectivity index (χ4v) is 3.12. The number of halogens is 1. The lowest BCUT2D eigenvalue weighted by molar-refractivity contribution is -0.136. The molecule has 0 aliphatic carbocycles. The zero-order chi connectivity index (χ0) is 18.8. The second kappa shape index (κ2) is 7.18. The number of aryl methyl sites for hydroxylation is 1. The quantitative estimate of drug-likeness (QED) is 0.591. The topological polar surface area (TPSA) is 46.6 Å². The highest BCUT2D eigenvalue weighted by atomic mass is 35.5. The Balaban J connectivity index is 2.13. The standard InChI is InChI=1S/C21H18ClNO3/c1-13-7-9-15(10-8-13)11-18-19(21(25)26-3)14(2)23(20(18)24)17-6-4-5-16(22)12-17/h4-12H,1-3H3/b18-11-. The van der Waals surface area contributed by atoms with Gasteiger partial charge < -0.3 is 4.74 Å². The van der Waals surface area contributed by atoms with E-state index in [0.29, 0.717) is 22.0 Å². The largest absolute Gasteiger partial charge is 0.465 e. The monoisotopic (exact) mass is 367 g/mol. The lowest BCUT2D eigenvalue weighted by Crippen LogP contribution is -2.24. The molecule has 1 aliphatic heterocycles. The average molecular weight is 368 g/mol. The molecule has 0 spiro atoms. The van der Waals surface area contributed by atoms with Crippen LogP contribution in [0.4, 0.5) is 5.69 Å². The van der Waals surface area contributed by atoms with Crippen LogP contribution in [0.15, 0.2) is 65.4 Å². The summed E-state index contributed by atoms with van der Waals surface area (Å²) in [5, 5.41) is 0.513. The summed E-state index contributed by atoms with van der Waals surface area (Å²) in [4.78, 5) is 26.9.